The highest BCUT2D eigenvalue weighted by molar-refractivity contribution is 5.42. The van der Waals surface area contributed by atoms with E-state index in [0.29, 0.717) is 0 Å². The Morgan fingerprint density at radius 1 is 1.35 bits per heavy atom. The van der Waals surface area contributed by atoms with Crippen LogP contribution in [0.2, 0.25) is 0 Å². The van der Waals surface area contributed by atoms with E-state index in [0.717, 1.165) is 24.3 Å². The highest BCUT2D eigenvalue weighted by atomic mass is 16.5. The van der Waals surface area contributed by atoms with E-state index in [4.69, 9.17) is 4.74 Å². The zero-order valence-electron chi connectivity index (χ0n) is 12.7. The van der Waals surface area contributed by atoms with E-state index in [1.54, 1.807) is 7.11 Å². The van der Waals surface area contributed by atoms with Crippen LogP contribution in [0.4, 0.5) is 0 Å². The van der Waals surface area contributed by atoms with E-state index in [9.17, 15) is 0 Å². The van der Waals surface area contributed by atoms with Gasteiger partial charge in [0.05, 0.1) is 18.8 Å². The minimum atomic E-state index is 0.0823. The molecule has 2 aromatic rings. The summed E-state index contributed by atoms with van der Waals surface area (Å²) in [7, 11) is 3.68. The van der Waals surface area contributed by atoms with Gasteiger partial charge in [-0.25, -0.2) is 0 Å². The minimum Gasteiger partial charge on any atom is -0.496 e. The number of hydrogen-bond donors (Lipinski definition) is 1. The molecule has 2 rings (SSSR count). The van der Waals surface area contributed by atoms with Gasteiger partial charge in [-0.05, 0) is 32.5 Å². The smallest absolute Gasteiger partial charge is 0.124 e. The van der Waals surface area contributed by atoms with Gasteiger partial charge in [-0.1, -0.05) is 24.6 Å². The molecular weight excluding hydrogens is 250 g/mol. The van der Waals surface area contributed by atoms with Gasteiger partial charge in [0, 0.05) is 18.3 Å². The maximum Gasteiger partial charge on any atom is 0.124 e. The Morgan fingerprint density at radius 3 is 2.80 bits per heavy atom. The Kier molecular flexibility index (Phi) is 4.79. The number of rotatable bonds is 6. The van der Waals surface area contributed by atoms with Crippen LogP contribution in [0.15, 0.2) is 30.5 Å². The lowest BCUT2D eigenvalue weighted by Gasteiger charge is -2.21. The molecule has 0 aliphatic heterocycles. The van der Waals surface area contributed by atoms with Crippen LogP contribution in [0.25, 0.3) is 0 Å². The van der Waals surface area contributed by atoms with E-state index in [2.05, 4.69) is 47.1 Å². The van der Waals surface area contributed by atoms with Gasteiger partial charge in [-0.3, -0.25) is 4.68 Å². The molecule has 0 saturated carbocycles. The van der Waals surface area contributed by atoms with E-state index >= 15 is 0 Å². The molecule has 0 aliphatic rings. The monoisotopic (exact) mass is 273 g/mol. The fourth-order valence-electron chi connectivity index (χ4n) is 2.53. The van der Waals surface area contributed by atoms with Gasteiger partial charge in [-0.2, -0.15) is 5.10 Å². The van der Waals surface area contributed by atoms with Crippen LogP contribution >= 0.6 is 0 Å². The predicted octanol–water partition coefficient (Wildman–Crippen LogP) is 2.92. The van der Waals surface area contributed by atoms with Crippen molar-refractivity contribution in [1.29, 1.82) is 0 Å². The highest BCUT2D eigenvalue weighted by Gasteiger charge is 2.20. The molecule has 4 heteroatoms. The number of aromatic nitrogens is 2. The first kappa shape index (κ1) is 14.6. The molecular formula is C16H23N3O. The summed E-state index contributed by atoms with van der Waals surface area (Å²) in [6, 6.07) is 8.41. The molecule has 0 amide bonds. The summed E-state index contributed by atoms with van der Waals surface area (Å²) in [5, 5.41) is 7.79. The van der Waals surface area contributed by atoms with Crippen LogP contribution in [0.5, 0.6) is 5.75 Å². The Morgan fingerprint density at radius 2 is 2.15 bits per heavy atom. The Bertz CT molecular complexity index is 563. The van der Waals surface area contributed by atoms with Crippen molar-refractivity contribution in [3.8, 4) is 5.75 Å². The lowest BCUT2D eigenvalue weighted by molar-refractivity contribution is 0.403. The zero-order valence-corrected chi connectivity index (χ0v) is 12.7. The summed E-state index contributed by atoms with van der Waals surface area (Å²) in [4.78, 5) is 0. The second-order valence-electron chi connectivity index (χ2n) is 4.95. The summed E-state index contributed by atoms with van der Waals surface area (Å²) in [5.74, 6) is 0.902. The van der Waals surface area contributed by atoms with Gasteiger partial charge in [0.1, 0.15) is 5.75 Å². The van der Waals surface area contributed by atoms with E-state index < -0.39 is 0 Å². The highest BCUT2D eigenvalue weighted by Crippen LogP contribution is 2.30. The van der Waals surface area contributed by atoms with E-state index in [-0.39, 0.29) is 6.04 Å². The number of nitrogens with zero attached hydrogens (tertiary/aromatic N) is 2. The van der Waals surface area contributed by atoms with E-state index in [1.165, 1.54) is 11.3 Å². The quantitative estimate of drug-likeness (QED) is 0.879. The standard InChI is InChI=1S/C16H23N3O/c1-5-10-19-14(8-9-18-19)16(17-3)13-11-12(2)6-7-15(13)20-4/h6-9,11,16-17H,5,10H2,1-4H3. The average molecular weight is 273 g/mol. The zero-order chi connectivity index (χ0) is 14.5. The van der Waals surface area contributed by atoms with Crippen molar-refractivity contribution in [2.45, 2.75) is 32.9 Å². The fourth-order valence-corrected chi connectivity index (χ4v) is 2.53. The summed E-state index contributed by atoms with van der Waals surface area (Å²) in [6.07, 6.45) is 2.92. The largest absolute Gasteiger partial charge is 0.496 e. The molecule has 1 N–H and O–H groups in total. The first-order valence-corrected chi connectivity index (χ1v) is 7.04. The number of methoxy groups -OCH3 is 1. The van der Waals surface area contributed by atoms with Crippen molar-refractivity contribution in [2.24, 2.45) is 0 Å². The second-order valence-corrected chi connectivity index (χ2v) is 4.95. The Hall–Kier alpha value is -1.81. The van der Waals surface area contributed by atoms with Crippen molar-refractivity contribution in [1.82, 2.24) is 15.1 Å². The summed E-state index contributed by atoms with van der Waals surface area (Å²) in [6.45, 7) is 5.18. The van der Waals surface area contributed by atoms with Crippen LogP contribution in [0.1, 0.15) is 36.2 Å². The van der Waals surface area contributed by atoms with Gasteiger partial charge in [0.25, 0.3) is 0 Å². The Labute approximate surface area is 120 Å². The molecule has 20 heavy (non-hydrogen) atoms. The molecule has 108 valence electrons. The number of hydrogen-bond acceptors (Lipinski definition) is 3. The van der Waals surface area contributed by atoms with Gasteiger partial charge >= 0.3 is 0 Å². The van der Waals surface area contributed by atoms with Crippen LogP contribution in [-0.2, 0) is 6.54 Å². The first-order chi connectivity index (χ1) is 9.71. The van der Waals surface area contributed by atoms with Crippen molar-refractivity contribution >= 4 is 0 Å². The van der Waals surface area contributed by atoms with Crippen molar-refractivity contribution < 1.29 is 4.74 Å². The topological polar surface area (TPSA) is 39.1 Å². The summed E-state index contributed by atoms with van der Waals surface area (Å²) in [5.41, 5.74) is 3.54. The number of nitrogens with one attached hydrogen (secondary N) is 1. The van der Waals surface area contributed by atoms with Crippen LogP contribution in [0, 0.1) is 6.92 Å². The van der Waals surface area contributed by atoms with E-state index in [1.807, 2.05) is 19.3 Å². The van der Waals surface area contributed by atoms with Crippen molar-refractivity contribution in [2.75, 3.05) is 14.2 Å². The number of benzene rings is 1. The third-order valence-electron chi connectivity index (χ3n) is 3.47. The number of ether oxygens (including phenoxy) is 1. The average Bonchev–Trinajstić information content (AvgIpc) is 2.89. The predicted molar refractivity (Wildman–Crippen MR) is 81.2 cm³/mol. The number of aryl methyl sites for hydroxylation is 2. The van der Waals surface area contributed by atoms with Gasteiger partial charge in [0.15, 0.2) is 0 Å². The summed E-state index contributed by atoms with van der Waals surface area (Å²) < 4.78 is 7.57. The van der Waals surface area contributed by atoms with Gasteiger partial charge in [-0.15, -0.1) is 0 Å². The van der Waals surface area contributed by atoms with Crippen LogP contribution < -0.4 is 10.1 Å². The lowest BCUT2D eigenvalue weighted by atomic mass is 10.0. The second kappa shape index (κ2) is 6.57. The third-order valence-corrected chi connectivity index (χ3v) is 3.47. The molecule has 1 aromatic heterocycles. The molecule has 0 aliphatic carbocycles. The van der Waals surface area contributed by atoms with Crippen LogP contribution in [-0.4, -0.2) is 23.9 Å². The molecule has 1 heterocycles. The molecule has 0 bridgehead atoms. The van der Waals surface area contributed by atoms with Gasteiger partial charge in [0.2, 0.25) is 0 Å². The fraction of sp³-hybridized carbons (Fsp3) is 0.438. The van der Waals surface area contributed by atoms with Crippen molar-refractivity contribution in [3.05, 3.63) is 47.3 Å². The SMILES string of the molecule is CCCn1nccc1C(NC)c1cc(C)ccc1OC. The summed E-state index contributed by atoms with van der Waals surface area (Å²) >= 11 is 0. The maximum atomic E-state index is 5.51. The first-order valence-electron chi connectivity index (χ1n) is 7.04. The molecule has 1 atom stereocenters. The molecule has 0 saturated heterocycles. The van der Waals surface area contributed by atoms with Gasteiger partial charge < -0.3 is 10.1 Å². The van der Waals surface area contributed by atoms with Crippen LogP contribution in [0.3, 0.4) is 0 Å². The molecule has 1 aromatic carbocycles. The molecule has 0 spiro atoms. The third kappa shape index (κ3) is 2.85. The normalized spacial score (nSPS) is 12.4. The minimum absolute atomic E-state index is 0.0823. The molecule has 4 nitrogen and oxygen atoms in total. The van der Waals surface area contributed by atoms with Crippen molar-refractivity contribution in [3.63, 3.8) is 0 Å². The lowest BCUT2D eigenvalue weighted by Crippen LogP contribution is -2.22. The molecule has 0 radical (unpaired) electrons. The Balaban J connectivity index is 2.46. The molecule has 0 fully saturated rings. The maximum absolute atomic E-state index is 5.51. The molecule has 1 unspecified atom stereocenters.